The molecule has 0 heterocycles. The Bertz CT molecular complexity index is 1480. The van der Waals surface area contributed by atoms with E-state index in [0.29, 0.717) is 12.8 Å². The van der Waals surface area contributed by atoms with Gasteiger partial charge in [0.25, 0.3) is 5.91 Å². The zero-order valence-electron chi connectivity index (χ0n) is 25.6. The van der Waals surface area contributed by atoms with Gasteiger partial charge >= 0.3 is 6.09 Å². The molecule has 10 heteroatoms. The molecule has 232 valence electrons. The highest BCUT2D eigenvalue weighted by Gasteiger charge is 2.34. The van der Waals surface area contributed by atoms with E-state index in [0.717, 1.165) is 28.5 Å². The Morgan fingerprint density at radius 1 is 0.930 bits per heavy atom. The Kier molecular flexibility index (Phi) is 11.4. The number of aliphatic hydroxyl groups is 1. The molecule has 3 N–H and O–H groups in total. The Labute approximate surface area is 254 Å². The number of ether oxygens (including phenoxy) is 2. The van der Waals surface area contributed by atoms with Crippen molar-refractivity contribution in [1.29, 1.82) is 0 Å². The average Bonchev–Trinajstić information content (AvgIpc) is 2.92. The standard InChI is InChI=1S/C33H42N2O7S/c1-22(2)42-28-21-26(18-19-27(28)31(37)35-43(6,39)40)24-16-14-23(15-17-24)11-10-20-41-32(38)34-30(33(3,4)5)29(36)25-12-8-7-9-13-25/h7-9,12-19,21-22,29-30,36H,10-11,20H2,1-6H3,(H,34,38)(H,35,37)/t29-,30?/m1/s1. The number of carbonyl (C=O) groups excluding carboxylic acids is 2. The lowest BCUT2D eigenvalue weighted by atomic mass is 9.81. The van der Waals surface area contributed by atoms with Crippen molar-refractivity contribution < 1.29 is 32.6 Å². The number of nitrogens with one attached hydrogen (secondary N) is 2. The number of sulfonamides is 1. The SMILES string of the molecule is CC(C)Oc1cc(-c2ccc(CCCOC(=O)NC([C@H](O)c3ccccc3)C(C)(C)C)cc2)ccc1C(=O)NS(C)(=O)=O. The highest BCUT2D eigenvalue weighted by molar-refractivity contribution is 7.89. The molecule has 0 fully saturated rings. The molecule has 2 atom stereocenters. The second kappa shape index (κ2) is 14.5. The molecule has 0 aliphatic carbocycles. The highest BCUT2D eigenvalue weighted by Crippen LogP contribution is 2.31. The molecule has 0 aliphatic rings. The molecule has 0 bridgehead atoms. The molecule has 0 aliphatic heterocycles. The van der Waals surface area contributed by atoms with E-state index < -0.39 is 39.6 Å². The number of aryl methyl sites for hydroxylation is 1. The first kappa shape index (κ1) is 33.6. The van der Waals surface area contributed by atoms with Gasteiger partial charge in [-0.25, -0.2) is 17.9 Å². The molecule has 0 aromatic heterocycles. The smallest absolute Gasteiger partial charge is 0.407 e. The van der Waals surface area contributed by atoms with Crippen LogP contribution in [0.25, 0.3) is 11.1 Å². The predicted octanol–water partition coefficient (Wildman–Crippen LogP) is 5.64. The zero-order valence-corrected chi connectivity index (χ0v) is 26.4. The maximum absolute atomic E-state index is 12.6. The van der Waals surface area contributed by atoms with Crippen LogP contribution in [0, 0.1) is 5.41 Å². The zero-order chi connectivity index (χ0) is 31.8. The fourth-order valence-electron chi connectivity index (χ4n) is 4.55. The summed E-state index contributed by atoms with van der Waals surface area (Å²) in [5, 5.41) is 13.7. The fraction of sp³-hybridized carbons (Fsp3) is 0.394. The van der Waals surface area contributed by atoms with Crippen LogP contribution in [0.2, 0.25) is 0 Å². The van der Waals surface area contributed by atoms with Gasteiger partial charge in [-0.1, -0.05) is 81.4 Å². The minimum Gasteiger partial charge on any atom is -0.490 e. The van der Waals surface area contributed by atoms with Gasteiger partial charge < -0.3 is 19.9 Å². The van der Waals surface area contributed by atoms with Crippen LogP contribution in [0.5, 0.6) is 5.75 Å². The third kappa shape index (κ3) is 10.4. The highest BCUT2D eigenvalue weighted by atomic mass is 32.2. The first-order valence-corrected chi connectivity index (χ1v) is 16.1. The molecule has 0 saturated heterocycles. The van der Waals surface area contributed by atoms with Crippen LogP contribution in [0.15, 0.2) is 72.8 Å². The van der Waals surface area contributed by atoms with E-state index in [1.807, 2.05) is 93.9 Å². The number of aliphatic hydroxyl groups excluding tert-OH is 1. The van der Waals surface area contributed by atoms with E-state index >= 15 is 0 Å². The van der Waals surface area contributed by atoms with Crippen molar-refractivity contribution in [3.63, 3.8) is 0 Å². The van der Waals surface area contributed by atoms with Gasteiger partial charge in [-0.2, -0.15) is 0 Å². The molecule has 0 spiro atoms. The second-order valence-corrected chi connectivity index (χ2v) is 13.6. The Balaban J connectivity index is 1.58. The number of benzene rings is 3. The van der Waals surface area contributed by atoms with Gasteiger partial charge in [-0.15, -0.1) is 0 Å². The summed E-state index contributed by atoms with van der Waals surface area (Å²) in [5.41, 5.74) is 3.22. The predicted molar refractivity (Wildman–Crippen MR) is 167 cm³/mol. The van der Waals surface area contributed by atoms with E-state index in [1.165, 1.54) is 0 Å². The topological polar surface area (TPSA) is 131 Å². The monoisotopic (exact) mass is 610 g/mol. The minimum atomic E-state index is -3.72. The second-order valence-electron chi connectivity index (χ2n) is 11.9. The summed E-state index contributed by atoms with van der Waals surface area (Å²) in [6, 6.07) is 21.6. The molecular weight excluding hydrogens is 568 g/mol. The molecule has 9 nitrogen and oxygen atoms in total. The van der Waals surface area contributed by atoms with E-state index in [2.05, 4.69) is 5.32 Å². The van der Waals surface area contributed by atoms with Crippen molar-refractivity contribution in [1.82, 2.24) is 10.0 Å². The third-order valence-corrected chi connectivity index (χ3v) is 7.22. The minimum absolute atomic E-state index is 0.131. The molecule has 3 aromatic rings. The maximum Gasteiger partial charge on any atom is 0.407 e. The first-order chi connectivity index (χ1) is 20.1. The number of carbonyl (C=O) groups is 2. The first-order valence-electron chi connectivity index (χ1n) is 14.2. The lowest BCUT2D eigenvalue weighted by molar-refractivity contribution is 0.0609. The van der Waals surface area contributed by atoms with Crippen LogP contribution in [0.1, 0.15) is 68.6 Å². The van der Waals surface area contributed by atoms with Crippen molar-refractivity contribution in [2.45, 2.75) is 65.7 Å². The molecule has 3 rings (SSSR count). The summed E-state index contributed by atoms with van der Waals surface area (Å²) < 4.78 is 36.3. The number of rotatable bonds is 12. The van der Waals surface area contributed by atoms with Crippen molar-refractivity contribution in [2.24, 2.45) is 5.41 Å². The van der Waals surface area contributed by atoms with Crippen LogP contribution in [0.4, 0.5) is 4.79 Å². The van der Waals surface area contributed by atoms with Crippen molar-refractivity contribution in [3.05, 3.63) is 89.5 Å². The quantitative estimate of drug-likeness (QED) is 0.226. The number of hydrogen-bond acceptors (Lipinski definition) is 7. The Hall–Kier alpha value is -3.89. The van der Waals surface area contributed by atoms with Crippen molar-refractivity contribution in [2.75, 3.05) is 12.9 Å². The van der Waals surface area contributed by atoms with E-state index in [1.54, 1.807) is 18.2 Å². The van der Waals surface area contributed by atoms with Crippen LogP contribution >= 0.6 is 0 Å². The largest absolute Gasteiger partial charge is 0.490 e. The van der Waals surface area contributed by atoms with Gasteiger partial charge in [0.1, 0.15) is 5.75 Å². The number of hydrogen-bond donors (Lipinski definition) is 3. The van der Waals surface area contributed by atoms with E-state index in [4.69, 9.17) is 9.47 Å². The molecule has 0 radical (unpaired) electrons. The number of alkyl carbamates (subject to hydrolysis) is 1. The van der Waals surface area contributed by atoms with Crippen molar-refractivity contribution >= 4 is 22.0 Å². The summed E-state index contributed by atoms with van der Waals surface area (Å²) in [4.78, 5) is 25.1. The summed E-state index contributed by atoms with van der Waals surface area (Å²) in [5.74, 6) is -0.463. The average molecular weight is 611 g/mol. The van der Waals surface area contributed by atoms with Gasteiger partial charge in [-0.3, -0.25) is 4.79 Å². The van der Waals surface area contributed by atoms with Gasteiger partial charge in [-0.05, 0) is 66.5 Å². The molecule has 0 saturated carbocycles. The van der Waals surface area contributed by atoms with Crippen LogP contribution in [-0.2, 0) is 21.2 Å². The Morgan fingerprint density at radius 2 is 1.56 bits per heavy atom. The Morgan fingerprint density at radius 3 is 2.14 bits per heavy atom. The van der Waals surface area contributed by atoms with Crippen LogP contribution in [0.3, 0.4) is 0 Å². The van der Waals surface area contributed by atoms with E-state index in [9.17, 15) is 23.1 Å². The molecule has 1 unspecified atom stereocenters. The van der Waals surface area contributed by atoms with Crippen molar-refractivity contribution in [3.8, 4) is 16.9 Å². The van der Waals surface area contributed by atoms with Gasteiger partial charge in [0, 0.05) is 0 Å². The molecular formula is C33H42N2O7S. The lowest BCUT2D eigenvalue weighted by Gasteiger charge is -2.35. The molecule has 3 aromatic carbocycles. The number of amides is 2. The van der Waals surface area contributed by atoms with Crippen LogP contribution < -0.4 is 14.8 Å². The summed E-state index contributed by atoms with van der Waals surface area (Å²) in [6.07, 6.45) is 0.560. The summed E-state index contributed by atoms with van der Waals surface area (Å²) >= 11 is 0. The summed E-state index contributed by atoms with van der Waals surface area (Å²) in [6.45, 7) is 9.73. The fourth-order valence-corrected chi connectivity index (χ4v) is 5.00. The maximum atomic E-state index is 12.6. The summed E-state index contributed by atoms with van der Waals surface area (Å²) in [7, 11) is -3.72. The van der Waals surface area contributed by atoms with Gasteiger partial charge in [0.05, 0.1) is 36.7 Å². The van der Waals surface area contributed by atoms with Gasteiger partial charge in [0.15, 0.2) is 0 Å². The lowest BCUT2D eigenvalue weighted by Crippen LogP contribution is -2.47. The van der Waals surface area contributed by atoms with Gasteiger partial charge in [0.2, 0.25) is 10.0 Å². The molecule has 2 amide bonds. The normalized spacial score (nSPS) is 13.2. The molecule has 43 heavy (non-hydrogen) atoms. The third-order valence-electron chi connectivity index (χ3n) is 6.66. The van der Waals surface area contributed by atoms with E-state index in [-0.39, 0.29) is 24.0 Å². The van der Waals surface area contributed by atoms with Crippen LogP contribution in [-0.4, -0.2) is 50.5 Å².